The second-order valence-corrected chi connectivity index (χ2v) is 10.9. The van der Waals surface area contributed by atoms with E-state index in [0.29, 0.717) is 11.5 Å². The largest absolute Gasteiger partial charge is 0.461 e. The summed E-state index contributed by atoms with van der Waals surface area (Å²) in [6, 6.07) is 4.97. The lowest BCUT2D eigenvalue weighted by Gasteiger charge is -2.32. The Morgan fingerprint density at radius 3 is 2.68 bits per heavy atom. The summed E-state index contributed by atoms with van der Waals surface area (Å²) in [5.74, 6) is 1.45. The van der Waals surface area contributed by atoms with Crippen molar-refractivity contribution in [1.29, 1.82) is 0 Å². The van der Waals surface area contributed by atoms with Crippen LogP contribution in [0.1, 0.15) is 71.7 Å². The van der Waals surface area contributed by atoms with Gasteiger partial charge in [0.15, 0.2) is 0 Å². The van der Waals surface area contributed by atoms with Crippen LogP contribution in [0.25, 0.3) is 11.0 Å². The second-order valence-electron chi connectivity index (χ2n) is 9.75. The molecule has 6 heteroatoms. The van der Waals surface area contributed by atoms with Crippen molar-refractivity contribution in [3.8, 4) is 0 Å². The normalized spacial score (nSPS) is 17.5. The highest BCUT2D eigenvalue weighted by atomic mass is 32.1. The highest BCUT2D eigenvalue weighted by Gasteiger charge is 2.28. The highest BCUT2D eigenvalue weighted by molar-refractivity contribution is 7.12. The molecule has 2 aliphatic rings. The predicted octanol–water partition coefficient (Wildman–Crippen LogP) is 6.08. The third-order valence-corrected chi connectivity index (χ3v) is 9.11. The van der Waals surface area contributed by atoms with Crippen LogP contribution in [0.15, 0.2) is 22.6 Å². The summed E-state index contributed by atoms with van der Waals surface area (Å²) in [5, 5.41) is 1.09. The molecule has 182 valence electrons. The van der Waals surface area contributed by atoms with Crippen molar-refractivity contribution < 1.29 is 13.6 Å². The minimum absolute atomic E-state index is 0.184. The van der Waals surface area contributed by atoms with E-state index in [4.69, 9.17) is 4.42 Å². The van der Waals surface area contributed by atoms with Crippen LogP contribution in [0.3, 0.4) is 0 Å². The van der Waals surface area contributed by atoms with E-state index in [0.717, 1.165) is 82.4 Å². The monoisotopic (exact) mass is 482 g/mol. The molecule has 0 saturated carbocycles. The lowest BCUT2D eigenvalue weighted by atomic mass is 9.87. The number of hydrogen-bond donors (Lipinski definition) is 0. The minimum atomic E-state index is -0.235. The number of nitrogens with zero attached hydrogens (tertiary/aromatic N) is 2. The Morgan fingerprint density at radius 1 is 1.18 bits per heavy atom. The molecule has 1 saturated heterocycles. The first kappa shape index (κ1) is 23.6. The van der Waals surface area contributed by atoms with Crippen LogP contribution in [0, 0.1) is 5.82 Å². The molecule has 4 nitrogen and oxygen atoms in total. The SMILES string of the molecule is CCc1oc2cc(F)ccc2c1C1CCN(CCc2sc3c(c2CC)CCN(C(C)=O)C3)CC1. The number of benzene rings is 1. The van der Waals surface area contributed by atoms with Crippen LogP contribution in [-0.2, 0) is 37.0 Å². The van der Waals surface area contributed by atoms with E-state index in [2.05, 4.69) is 18.7 Å². The first-order valence-corrected chi connectivity index (χ1v) is 13.6. The van der Waals surface area contributed by atoms with Gasteiger partial charge < -0.3 is 14.2 Å². The lowest BCUT2D eigenvalue weighted by molar-refractivity contribution is -0.129. The molecular formula is C28H35FN2O2S. The van der Waals surface area contributed by atoms with Crippen LogP contribution in [0.2, 0.25) is 0 Å². The van der Waals surface area contributed by atoms with Crippen molar-refractivity contribution in [3.05, 3.63) is 56.2 Å². The molecule has 1 aromatic carbocycles. The maximum Gasteiger partial charge on any atom is 0.219 e. The fourth-order valence-corrected chi connectivity index (χ4v) is 7.41. The molecule has 0 radical (unpaired) electrons. The summed E-state index contributed by atoms with van der Waals surface area (Å²) < 4.78 is 19.7. The first-order chi connectivity index (χ1) is 16.5. The second kappa shape index (κ2) is 9.82. The maximum atomic E-state index is 13.7. The fraction of sp³-hybridized carbons (Fsp3) is 0.536. The van der Waals surface area contributed by atoms with E-state index in [1.54, 1.807) is 18.6 Å². The molecule has 1 amide bonds. The average Bonchev–Trinajstić information content (AvgIpc) is 3.39. The number of aryl methyl sites for hydroxylation is 1. The summed E-state index contributed by atoms with van der Waals surface area (Å²) in [5.41, 5.74) is 5.06. The van der Waals surface area contributed by atoms with Gasteiger partial charge in [0, 0.05) is 53.2 Å². The number of piperidine rings is 1. The van der Waals surface area contributed by atoms with Crippen LogP contribution in [0.5, 0.6) is 0 Å². The Balaban J connectivity index is 1.24. The van der Waals surface area contributed by atoms with Gasteiger partial charge in [-0.2, -0.15) is 0 Å². The van der Waals surface area contributed by atoms with E-state index in [1.165, 1.54) is 26.9 Å². The number of furan rings is 1. The van der Waals surface area contributed by atoms with Gasteiger partial charge in [-0.25, -0.2) is 4.39 Å². The van der Waals surface area contributed by atoms with Gasteiger partial charge >= 0.3 is 0 Å². The number of halogens is 1. The zero-order valence-corrected chi connectivity index (χ0v) is 21.4. The lowest BCUT2D eigenvalue weighted by Crippen LogP contribution is -2.34. The van der Waals surface area contributed by atoms with Crippen molar-refractivity contribution in [2.24, 2.45) is 0 Å². The average molecular weight is 483 g/mol. The van der Waals surface area contributed by atoms with Crippen LogP contribution >= 0.6 is 11.3 Å². The molecule has 3 aromatic rings. The van der Waals surface area contributed by atoms with Crippen LogP contribution in [-0.4, -0.2) is 41.9 Å². The number of amides is 1. The fourth-order valence-electron chi connectivity index (χ4n) is 5.96. The number of fused-ring (bicyclic) bond motifs is 2. The Bertz CT molecular complexity index is 1190. The number of hydrogen-bond acceptors (Lipinski definition) is 4. The number of likely N-dealkylation sites (tertiary alicyclic amines) is 1. The molecule has 0 bridgehead atoms. The van der Waals surface area contributed by atoms with Crippen molar-refractivity contribution in [2.45, 2.75) is 71.8 Å². The van der Waals surface area contributed by atoms with Gasteiger partial charge in [-0.05, 0) is 74.4 Å². The zero-order valence-electron chi connectivity index (χ0n) is 20.6. The van der Waals surface area contributed by atoms with Crippen LogP contribution < -0.4 is 0 Å². The number of carbonyl (C=O) groups is 1. The minimum Gasteiger partial charge on any atom is -0.461 e. The Hall–Kier alpha value is -2.18. The van der Waals surface area contributed by atoms with Gasteiger partial charge in [-0.15, -0.1) is 11.3 Å². The number of carbonyl (C=O) groups excluding carboxylic acids is 1. The molecule has 4 heterocycles. The summed E-state index contributed by atoms with van der Waals surface area (Å²) in [6.45, 7) is 11.0. The Kier molecular flexibility index (Phi) is 6.81. The van der Waals surface area contributed by atoms with Crippen LogP contribution in [0.4, 0.5) is 4.39 Å². The molecule has 5 rings (SSSR count). The third-order valence-electron chi connectivity index (χ3n) is 7.79. The molecule has 1 fully saturated rings. The number of thiophene rings is 1. The first-order valence-electron chi connectivity index (χ1n) is 12.8. The highest BCUT2D eigenvalue weighted by Crippen LogP contribution is 2.39. The summed E-state index contributed by atoms with van der Waals surface area (Å²) in [6.07, 6.45) is 6.26. The molecule has 2 aromatic heterocycles. The van der Waals surface area contributed by atoms with Gasteiger partial charge in [0.25, 0.3) is 0 Å². The van der Waals surface area contributed by atoms with Crippen molar-refractivity contribution in [2.75, 3.05) is 26.2 Å². The Morgan fingerprint density at radius 2 is 1.97 bits per heavy atom. The van der Waals surface area contributed by atoms with Crippen molar-refractivity contribution in [3.63, 3.8) is 0 Å². The van der Waals surface area contributed by atoms with Gasteiger partial charge in [-0.3, -0.25) is 4.79 Å². The van der Waals surface area contributed by atoms with Crippen molar-refractivity contribution in [1.82, 2.24) is 9.80 Å². The third kappa shape index (κ3) is 4.42. The predicted molar refractivity (Wildman–Crippen MR) is 136 cm³/mol. The topological polar surface area (TPSA) is 36.7 Å². The van der Waals surface area contributed by atoms with E-state index >= 15 is 0 Å². The van der Waals surface area contributed by atoms with E-state index in [-0.39, 0.29) is 11.7 Å². The van der Waals surface area contributed by atoms with Gasteiger partial charge in [0.2, 0.25) is 5.91 Å². The summed E-state index contributed by atoms with van der Waals surface area (Å²) >= 11 is 1.94. The van der Waals surface area contributed by atoms with Crippen molar-refractivity contribution >= 4 is 28.2 Å². The standard InChI is InChI=1S/C28H35FN2O2S/c1-4-21-22-10-15-31(18(3)32)17-27(22)34-26(21)11-14-30-12-8-19(9-13-30)28-23-7-6-20(29)16-25(23)33-24(28)5-2/h6-7,16,19H,4-5,8-15,17H2,1-3H3. The Labute approximate surface area is 205 Å². The van der Waals surface area contributed by atoms with Gasteiger partial charge in [0.1, 0.15) is 17.2 Å². The molecule has 0 N–H and O–H groups in total. The summed E-state index contributed by atoms with van der Waals surface area (Å²) in [4.78, 5) is 19.4. The molecule has 0 aliphatic carbocycles. The van der Waals surface area contributed by atoms with E-state index in [9.17, 15) is 9.18 Å². The smallest absolute Gasteiger partial charge is 0.219 e. The quantitative estimate of drug-likeness (QED) is 0.427. The molecule has 34 heavy (non-hydrogen) atoms. The van der Waals surface area contributed by atoms with E-state index < -0.39 is 0 Å². The molecular weight excluding hydrogens is 447 g/mol. The molecule has 0 unspecified atom stereocenters. The number of rotatable bonds is 6. The zero-order chi connectivity index (χ0) is 23.8. The van der Waals surface area contributed by atoms with Gasteiger partial charge in [-0.1, -0.05) is 13.8 Å². The molecule has 0 spiro atoms. The van der Waals surface area contributed by atoms with E-state index in [1.807, 2.05) is 22.3 Å². The molecule has 0 atom stereocenters. The molecule has 2 aliphatic heterocycles. The summed E-state index contributed by atoms with van der Waals surface area (Å²) in [7, 11) is 0. The van der Waals surface area contributed by atoms with Gasteiger partial charge in [0.05, 0.1) is 6.54 Å². The maximum absolute atomic E-state index is 13.7.